The predicted octanol–water partition coefficient (Wildman–Crippen LogP) is 3.04. The molecule has 2 aromatic carbocycles. The molecule has 2 aromatic heterocycles. The highest BCUT2D eigenvalue weighted by molar-refractivity contribution is 7.90. The smallest absolute Gasteiger partial charge is 0.333 e. The Morgan fingerprint density at radius 1 is 0.721 bits per heavy atom. The van der Waals surface area contributed by atoms with E-state index in [1.54, 1.807) is 31.2 Å². The zero-order valence-corrected chi connectivity index (χ0v) is 24.7. The number of aryl methyl sites for hydroxylation is 1. The highest BCUT2D eigenvalue weighted by atomic mass is 32.2. The summed E-state index contributed by atoms with van der Waals surface area (Å²) in [6.45, 7) is 2.83. The number of fused-ring (bicyclic) bond motifs is 2. The molecule has 0 bridgehead atoms. The first-order chi connectivity index (χ1) is 20.7. The lowest BCUT2D eigenvalue weighted by Gasteiger charge is -2.28. The number of anilines is 2. The summed E-state index contributed by atoms with van der Waals surface area (Å²) in [6.07, 6.45) is 4.72. The van der Waals surface area contributed by atoms with Gasteiger partial charge in [0.25, 0.3) is 0 Å². The highest BCUT2D eigenvalue weighted by Gasteiger charge is 2.22. The van der Waals surface area contributed by atoms with Crippen molar-refractivity contribution in [3.05, 3.63) is 54.4 Å². The molecule has 1 saturated carbocycles. The molecule has 0 atom stereocenters. The number of sulfone groups is 1. The van der Waals surface area contributed by atoms with Crippen LogP contribution < -0.4 is 32.3 Å². The van der Waals surface area contributed by atoms with E-state index < -0.39 is 15.9 Å². The van der Waals surface area contributed by atoms with Gasteiger partial charge in [-0.2, -0.15) is 4.98 Å². The van der Waals surface area contributed by atoms with Gasteiger partial charge in [0, 0.05) is 30.1 Å². The Labute approximate surface area is 248 Å². The quantitative estimate of drug-likeness (QED) is 0.122. The zero-order valence-electron chi connectivity index (χ0n) is 23.8. The van der Waals surface area contributed by atoms with E-state index in [0.717, 1.165) is 42.8 Å². The van der Waals surface area contributed by atoms with E-state index in [-0.39, 0.29) is 17.0 Å². The zero-order chi connectivity index (χ0) is 30.4. The van der Waals surface area contributed by atoms with Gasteiger partial charge in [-0.25, -0.2) is 33.0 Å². The number of para-hydroxylation sites is 2. The number of carbonyl (C=O) groups is 2. The van der Waals surface area contributed by atoms with Crippen molar-refractivity contribution in [1.29, 1.82) is 0 Å². The number of aromatic nitrogens is 4. The molecule has 15 heteroatoms. The first-order valence-corrected chi connectivity index (χ1v) is 15.8. The van der Waals surface area contributed by atoms with Crippen LogP contribution in [0, 0.1) is 18.8 Å². The van der Waals surface area contributed by atoms with Crippen LogP contribution in [0.15, 0.2) is 53.7 Å². The Hall–Kier alpha value is -4.79. The average molecular weight is 607 g/mol. The summed E-state index contributed by atoms with van der Waals surface area (Å²) in [6, 6.07) is 13.7. The monoisotopic (exact) mass is 606 g/mol. The lowest BCUT2D eigenvalue weighted by molar-refractivity contribution is 0.225. The minimum absolute atomic E-state index is 0.189. The number of hydrogen-bond acceptors (Lipinski definition) is 10. The van der Waals surface area contributed by atoms with Crippen LogP contribution in [0.2, 0.25) is 0 Å². The number of rotatable bonds is 9. The van der Waals surface area contributed by atoms with Crippen molar-refractivity contribution in [2.45, 2.75) is 37.8 Å². The van der Waals surface area contributed by atoms with E-state index in [1.165, 1.54) is 0 Å². The molecule has 5 rings (SSSR count). The molecule has 1 fully saturated rings. The average Bonchev–Trinajstić information content (AvgIpc) is 3.00. The molecule has 14 nitrogen and oxygen atoms in total. The first-order valence-electron chi connectivity index (χ1n) is 14.0. The molecular weight excluding hydrogens is 572 g/mol. The summed E-state index contributed by atoms with van der Waals surface area (Å²) >= 11 is 0. The third-order valence-corrected chi connectivity index (χ3v) is 8.13. The van der Waals surface area contributed by atoms with E-state index in [0.29, 0.717) is 47.5 Å². The second-order valence-corrected chi connectivity index (χ2v) is 12.5. The van der Waals surface area contributed by atoms with Crippen molar-refractivity contribution >= 4 is 55.3 Å². The molecule has 1 aliphatic carbocycles. The van der Waals surface area contributed by atoms with Crippen molar-refractivity contribution < 1.29 is 18.0 Å². The number of hydrazine groups is 2. The van der Waals surface area contributed by atoms with Crippen LogP contribution in [0.25, 0.3) is 21.8 Å². The maximum Gasteiger partial charge on any atom is 0.333 e. The Morgan fingerprint density at radius 2 is 1.19 bits per heavy atom. The Bertz CT molecular complexity index is 1740. The Morgan fingerprint density at radius 3 is 1.70 bits per heavy atom. The molecule has 2 heterocycles. The van der Waals surface area contributed by atoms with Crippen LogP contribution in [0.4, 0.5) is 21.2 Å². The third-order valence-electron chi connectivity index (χ3n) is 7.29. The molecule has 0 radical (unpaired) electrons. The molecule has 0 saturated heterocycles. The van der Waals surface area contributed by atoms with Crippen molar-refractivity contribution in [3.8, 4) is 0 Å². The second-order valence-electron chi connectivity index (χ2n) is 10.6. The van der Waals surface area contributed by atoms with Crippen LogP contribution in [0.5, 0.6) is 0 Å². The van der Waals surface area contributed by atoms with Gasteiger partial charge >= 0.3 is 12.1 Å². The highest BCUT2D eigenvalue weighted by Crippen LogP contribution is 2.28. The summed E-state index contributed by atoms with van der Waals surface area (Å²) in [7, 11) is -3.64. The van der Waals surface area contributed by atoms with Gasteiger partial charge in [0.2, 0.25) is 15.0 Å². The second kappa shape index (κ2) is 13.0. The van der Waals surface area contributed by atoms with Crippen LogP contribution in [-0.4, -0.2) is 59.8 Å². The number of urea groups is 2. The molecule has 226 valence electrons. The summed E-state index contributed by atoms with van der Waals surface area (Å²) in [5, 5.41) is 6.83. The minimum Gasteiger partial charge on any atom is -0.336 e. The third kappa shape index (κ3) is 7.74. The summed E-state index contributed by atoms with van der Waals surface area (Å²) in [5.41, 5.74) is 12.0. The number of hydrogen-bond donors (Lipinski definition) is 6. The number of carbonyl (C=O) groups excluding carboxylic acids is 2. The van der Waals surface area contributed by atoms with Gasteiger partial charge in [0.15, 0.2) is 11.6 Å². The lowest BCUT2D eigenvalue weighted by Crippen LogP contribution is -2.43. The van der Waals surface area contributed by atoms with Crippen LogP contribution in [-0.2, 0) is 9.84 Å². The Balaban J connectivity index is 1.02. The van der Waals surface area contributed by atoms with Gasteiger partial charge in [-0.05, 0) is 68.7 Å². The molecule has 6 N–H and O–H groups in total. The molecule has 4 aromatic rings. The van der Waals surface area contributed by atoms with Gasteiger partial charge in [-0.1, -0.05) is 24.3 Å². The maximum absolute atomic E-state index is 12.5. The normalized spacial score (nSPS) is 16.8. The van der Waals surface area contributed by atoms with Crippen LogP contribution in [0.3, 0.4) is 0 Å². The van der Waals surface area contributed by atoms with E-state index >= 15 is 0 Å². The molecule has 43 heavy (non-hydrogen) atoms. The summed E-state index contributed by atoms with van der Waals surface area (Å²) in [4.78, 5) is 41.8. The number of nitrogens with zero attached hydrogens (tertiary/aromatic N) is 4. The first kappa shape index (κ1) is 29.7. The van der Waals surface area contributed by atoms with E-state index in [4.69, 9.17) is 0 Å². The lowest BCUT2D eigenvalue weighted by atomic mass is 9.82. The van der Waals surface area contributed by atoms with E-state index in [1.807, 2.05) is 24.3 Å². The predicted molar refractivity (Wildman–Crippen MR) is 163 cm³/mol. The van der Waals surface area contributed by atoms with Gasteiger partial charge < -0.3 is 10.6 Å². The SMILES string of the molecule is Cc1nc(NNC(=O)NCC2CCC(CNC(=O)NNc3nc(S(C)(=O)=O)nc4ccccc34)CC2)c2ccccc2n1. The molecule has 1 aliphatic rings. The van der Waals surface area contributed by atoms with Crippen molar-refractivity contribution in [3.63, 3.8) is 0 Å². The number of amides is 4. The van der Waals surface area contributed by atoms with Crippen LogP contribution >= 0.6 is 0 Å². The van der Waals surface area contributed by atoms with Crippen molar-refractivity contribution in [2.24, 2.45) is 11.8 Å². The number of benzene rings is 2. The fourth-order valence-electron chi connectivity index (χ4n) is 5.04. The van der Waals surface area contributed by atoms with Crippen molar-refractivity contribution in [1.82, 2.24) is 41.4 Å². The standard InChI is InChI=1S/C28H34N10O4S/c1-17-31-22-9-5-3-7-20(22)24(32-17)35-37-26(39)29-15-18-11-13-19(14-12-18)16-30-27(40)38-36-25-21-8-4-6-10-23(21)33-28(34-25)43(2,41)42/h3-10,18-19H,11-16H2,1-2H3,(H2,29,37,39)(H2,30,38,40)(H,31,32,35)(H,33,34,36). The van der Waals surface area contributed by atoms with Crippen LogP contribution in [0.1, 0.15) is 31.5 Å². The molecule has 0 aliphatic heterocycles. The number of nitrogens with one attached hydrogen (secondary N) is 6. The minimum atomic E-state index is -3.64. The van der Waals surface area contributed by atoms with E-state index in [9.17, 15) is 18.0 Å². The van der Waals surface area contributed by atoms with Crippen molar-refractivity contribution in [2.75, 3.05) is 30.2 Å². The summed E-state index contributed by atoms with van der Waals surface area (Å²) in [5.74, 6) is 1.98. The molecule has 0 spiro atoms. The fraction of sp³-hybridized carbons (Fsp3) is 0.357. The molecule has 4 amide bonds. The molecule has 0 unspecified atom stereocenters. The van der Waals surface area contributed by atoms with E-state index in [2.05, 4.69) is 52.3 Å². The van der Waals surface area contributed by atoms with Gasteiger partial charge in [-0.15, -0.1) is 0 Å². The topological polar surface area (TPSA) is 192 Å². The summed E-state index contributed by atoms with van der Waals surface area (Å²) < 4.78 is 24.0. The molecular formula is C28H34N10O4S. The van der Waals surface area contributed by atoms with Gasteiger partial charge in [-0.3, -0.25) is 21.7 Å². The maximum atomic E-state index is 12.5. The van der Waals surface area contributed by atoms with Gasteiger partial charge in [0.1, 0.15) is 5.82 Å². The largest absolute Gasteiger partial charge is 0.336 e. The fourth-order valence-corrected chi connectivity index (χ4v) is 5.56. The Kier molecular flexibility index (Phi) is 8.99. The van der Waals surface area contributed by atoms with Gasteiger partial charge in [0.05, 0.1) is 11.0 Å².